The van der Waals surface area contributed by atoms with E-state index in [1.165, 1.54) is 16.3 Å². The number of nitrogens with one attached hydrogen (secondary N) is 2. The van der Waals surface area contributed by atoms with Gasteiger partial charge >= 0.3 is 5.69 Å². The van der Waals surface area contributed by atoms with Crippen molar-refractivity contribution >= 4 is 46.6 Å². The second-order valence-electron chi connectivity index (χ2n) is 5.50. The second-order valence-corrected chi connectivity index (χ2v) is 7.22. The highest BCUT2D eigenvalue weighted by Gasteiger charge is 2.20. The highest BCUT2D eigenvalue weighted by Crippen LogP contribution is 2.29. The Morgan fingerprint density at radius 2 is 2.32 bits per heavy atom. The molecule has 0 bridgehead atoms. The lowest BCUT2D eigenvalue weighted by atomic mass is 10.2. The minimum absolute atomic E-state index is 0.00810. The molecule has 7 nitrogen and oxygen atoms in total. The van der Waals surface area contributed by atoms with Crippen LogP contribution in [0.4, 0.5) is 5.69 Å². The summed E-state index contributed by atoms with van der Waals surface area (Å²) in [6, 6.07) is 5.00. The van der Waals surface area contributed by atoms with Crippen molar-refractivity contribution in [3.63, 3.8) is 0 Å². The standard InChI is InChI=1S/C15H16Cl2N4O3S/c16-10-4-1-5-11(13(10)17)18-12(22)8-25-15-20-19-14(23)21(15)7-9-3-2-6-24-9/h1,4-5,9H,2-3,6-8H2,(H,18,22)(H,19,23)/t9-/m0/s1. The van der Waals surface area contributed by atoms with Gasteiger partial charge in [-0.3, -0.25) is 9.36 Å². The molecule has 0 unspecified atom stereocenters. The molecule has 2 heterocycles. The average molecular weight is 403 g/mol. The molecule has 1 aromatic heterocycles. The van der Waals surface area contributed by atoms with Crippen molar-refractivity contribution < 1.29 is 9.53 Å². The largest absolute Gasteiger partial charge is 0.376 e. The van der Waals surface area contributed by atoms with Crippen LogP contribution in [-0.2, 0) is 16.1 Å². The third-order valence-corrected chi connectivity index (χ3v) is 5.49. The number of amides is 1. The smallest absolute Gasteiger partial charge is 0.344 e. The predicted molar refractivity (Wildman–Crippen MR) is 97.6 cm³/mol. The molecular formula is C15H16Cl2N4O3S. The maximum Gasteiger partial charge on any atom is 0.344 e. The van der Waals surface area contributed by atoms with Crippen molar-refractivity contribution in [1.82, 2.24) is 14.8 Å². The Bertz CT molecular complexity index is 817. The molecule has 1 atom stereocenters. The molecule has 134 valence electrons. The maximum absolute atomic E-state index is 12.1. The van der Waals surface area contributed by atoms with Crippen LogP contribution in [0.15, 0.2) is 28.2 Å². The van der Waals surface area contributed by atoms with E-state index in [2.05, 4.69) is 15.5 Å². The van der Waals surface area contributed by atoms with Gasteiger partial charge in [0.25, 0.3) is 0 Å². The lowest BCUT2D eigenvalue weighted by Crippen LogP contribution is -2.25. The molecule has 10 heteroatoms. The van der Waals surface area contributed by atoms with Crippen molar-refractivity contribution in [2.45, 2.75) is 30.6 Å². The molecule has 1 aromatic carbocycles. The van der Waals surface area contributed by atoms with Crippen LogP contribution in [0.25, 0.3) is 0 Å². The fourth-order valence-corrected chi connectivity index (χ4v) is 3.59. The number of halogens is 2. The highest BCUT2D eigenvalue weighted by atomic mass is 35.5. The summed E-state index contributed by atoms with van der Waals surface area (Å²) < 4.78 is 7.05. The molecule has 0 radical (unpaired) electrons. The number of benzene rings is 1. The van der Waals surface area contributed by atoms with E-state index in [-0.39, 0.29) is 28.5 Å². The zero-order valence-corrected chi connectivity index (χ0v) is 15.5. The van der Waals surface area contributed by atoms with Gasteiger partial charge in [-0.25, -0.2) is 9.89 Å². The van der Waals surface area contributed by atoms with Gasteiger partial charge < -0.3 is 10.1 Å². The Kier molecular flexibility index (Phi) is 6.06. The Labute approximate surface area is 158 Å². The van der Waals surface area contributed by atoms with E-state index in [9.17, 15) is 9.59 Å². The van der Waals surface area contributed by atoms with E-state index in [0.717, 1.165) is 12.8 Å². The third kappa shape index (κ3) is 4.58. The summed E-state index contributed by atoms with van der Waals surface area (Å²) in [5, 5.41) is 10.2. The van der Waals surface area contributed by atoms with Gasteiger partial charge in [0.05, 0.1) is 34.1 Å². The number of aromatic nitrogens is 3. The second kappa shape index (κ2) is 8.27. The van der Waals surface area contributed by atoms with E-state index in [4.69, 9.17) is 27.9 Å². The zero-order chi connectivity index (χ0) is 17.8. The fourth-order valence-electron chi connectivity index (χ4n) is 2.48. The lowest BCUT2D eigenvalue weighted by molar-refractivity contribution is -0.113. The molecule has 1 fully saturated rings. The number of ether oxygens (including phenoxy) is 1. The molecule has 0 spiro atoms. The number of carbonyl (C=O) groups is 1. The van der Waals surface area contributed by atoms with Crippen molar-refractivity contribution in [1.29, 1.82) is 0 Å². The SMILES string of the molecule is O=C(CSc1n[nH]c(=O)n1C[C@@H]1CCCO1)Nc1cccc(Cl)c1Cl. The minimum Gasteiger partial charge on any atom is -0.376 e. The van der Waals surface area contributed by atoms with Crippen LogP contribution in [-0.4, -0.2) is 39.1 Å². The highest BCUT2D eigenvalue weighted by molar-refractivity contribution is 7.99. The molecular weight excluding hydrogens is 387 g/mol. The Hall–Kier alpha value is -1.48. The maximum atomic E-state index is 12.1. The van der Waals surface area contributed by atoms with Crippen LogP contribution in [0.1, 0.15) is 12.8 Å². The first-order valence-corrected chi connectivity index (χ1v) is 9.42. The molecule has 1 saturated heterocycles. The van der Waals surface area contributed by atoms with Gasteiger partial charge in [0.2, 0.25) is 5.91 Å². The number of rotatable bonds is 6. The normalized spacial score (nSPS) is 17.0. The molecule has 1 aliphatic rings. The summed E-state index contributed by atoms with van der Waals surface area (Å²) in [7, 11) is 0. The van der Waals surface area contributed by atoms with Crippen LogP contribution in [0.2, 0.25) is 10.0 Å². The Morgan fingerprint density at radius 1 is 1.48 bits per heavy atom. The van der Waals surface area contributed by atoms with Crippen molar-refractivity contribution in [3.05, 3.63) is 38.7 Å². The number of carbonyl (C=O) groups excluding carboxylic acids is 1. The van der Waals surface area contributed by atoms with Crippen LogP contribution in [0.3, 0.4) is 0 Å². The lowest BCUT2D eigenvalue weighted by Gasteiger charge is -2.11. The quantitative estimate of drug-likeness (QED) is 0.725. The first-order chi connectivity index (χ1) is 12.0. The molecule has 1 aliphatic heterocycles. The predicted octanol–water partition coefficient (Wildman–Crippen LogP) is 2.79. The van der Waals surface area contributed by atoms with Gasteiger partial charge in [0, 0.05) is 6.61 Å². The van der Waals surface area contributed by atoms with E-state index >= 15 is 0 Å². The molecule has 0 saturated carbocycles. The van der Waals surface area contributed by atoms with Crippen molar-refractivity contribution in [2.75, 3.05) is 17.7 Å². The Morgan fingerprint density at radius 3 is 3.08 bits per heavy atom. The number of nitrogens with zero attached hydrogens (tertiary/aromatic N) is 2. The number of H-pyrrole nitrogens is 1. The number of aromatic amines is 1. The average Bonchev–Trinajstić information content (AvgIpc) is 3.22. The molecule has 2 aromatic rings. The summed E-state index contributed by atoms with van der Waals surface area (Å²) >= 11 is 13.1. The zero-order valence-electron chi connectivity index (χ0n) is 13.1. The number of thioether (sulfide) groups is 1. The minimum atomic E-state index is -0.309. The van der Waals surface area contributed by atoms with Crippen LogP contribution in [0.5, 0.6) is 0 Å². The summed E-state index contributed by atoms with van der Waals surface area (Å²) in [6.45, 7) is 1.14. The first kappa shape index (κ1) is 18.3. The van der Waals surface area contributed by atoms with Gasteiger partial charge in [-0.1, -0.05) is 41.0 Å². The van der Waals surface area contributed by atoms with E-state index in [0.29, 0.717) is 29.0 Å². The van der Waals surface area contributed by atoms with Crippen molar-refractivity contribution in [2.24, 2.45) is 0 Å². The molecule has 2 N–H and O–H groups in total. The van der Waals surface area contributed by atoms with Crippen molar-refractivity contribution in [3.8, 4) is 0 Å². The fraction of sp³-hybridized carbons (Fsp3) is 0.400. The van der Waals surface area contributed by atoms with Gasteiger partial charge in [-0.2, -0.15) is 0 Å². The topological polar surface area (TPSA) is 89.0 Å². The van der Waals surface area contributed by atoms with Gasteiger partial charge in [0.15, 0.2) is 5.16 Å². The van der Waals surface area contributed by atoms with E-state index in [1.807, 2.05) is 0 Å². The molecule has 25 heavy (non-hydrogen) atoms. The summed E-state index contributed by atoms with van der Waals surface area (Å²) in [6.07, 6.45) is 1.91. The third-order valence-electron chi connectivity index (χ3n) is 3.69. The molecule has 3 rings (SSSR count). The Balaban J connectivity index is 1.60. The summed E-state index contributed by atoms with van der Waals surface area (Å²) in [4.78, 5) is 24.0. The van der Waals surface area contributed by atoms with Crippen LogP contribution in [0, 0.1) is 0 Å². The first-order valence-electron chi connectivity index (χ1n) is 7.68. The number of hydrogen-bond acceptors (Lipinski definition) is 5. The molecule has 1 amide bonds. The van der Waals surface area contributed by atoms with Gasteiger partial charge in [0.1, 0.15) is 0 Å². The molecule has 0 aliphatic carbocycles. The number of anilines is 1. The van der Waals surface area contributed by atoms with Gasteiger partial charge in [-0.05, 0) is 25.0 Å². The monoisotopic (exact) mass is 402 g/mol. The summed E-state index contributed by atoms with van der Waals surface area (Å²) in [5.74, 6) is -0.188. The van der Waals surface area contributed by atoms with E-state index < -0.39 is 0 Å². The number of hydrogen-bond donors (Lipinski definition) is 2. The summed E-state index contributed by atoms with van der Waals surface area (Å²) in [5.41, 5.74) is 0.134. The van der Waals surface area contributed by atoms with E-state index in [1.54, 1.807) is 18.2 Å². The van der Waals surface area contributed by atoms with Crippen LogP contribution < -0.4 is 11.0 Å². The van der Waals surface area contributed by atoms with Crippen LogP contribution >= 0.6 is 35.0 Å². The van der Waals surface area contributed by atoms with Gasteiger partial charge in [-0.15, -0.1) is 5.10 Å².